The van der Waals surface area contributed by atoms with Crippen LogP contribution in [0.25, 0.3) is 0 Å². The van der Waals surface area contributed by atoms with Gasteiger partial charge in [0.15, 0.2) is 15.3 Å². The molecule has 0 radical (unpaired) electrons. The third-order valence-electron chi connectivity index (χ3n) is 5.42. The molecule has 160 valence electrons. The van der Waals surface area contributed by atoms with E-state index in [0.29, 0.717) is 12.1 Å². The third-order valence-corrected chi connectivity index (χ3v) is 7.28. The summed E-state index contributed by atoms with van der Waals surface area (Å²) in [6.45, 7) is 0.333. The zero-order valence-electron chi connectivity index (χ0n) is 15.7. The van der Waals surface area contributed by atoms with Crippen molar-refractivity contribution >= 4 is 16.5 Å². The number of hydrogen-bond donors (Lipinski definition) is 0. The highest BCUT2D eigenvalue weighted by Gasteiger charge is 2.55. The van der Waals surface area contributed by atoms with Crippen molar-refractivity contribution < 1.29 is 31.5 Å². The number of alkyl halides is 3. The zero-order valence-corrected chi connectivity index (χ0v) is 16.5. The SMILES string of the molecule is O=C1OCC2(CCN([S+](=O)([O-])c3ccc(C(F)(F)F)cc3)C2)N1Cc1ccccn1. The maximum Gasteiger partial charge on any atom is 0.416 e. The first kappa shape index (κ1) is 20.8. The number of cyclic esters (lactones) is 1. The minimum Gasteiger partial charge on any atom is -0.593 e. The Hall–Kier alpha value is -2.50. The number of amides is 1. The molecular weight excluding hydrogens is 423 g/mol. The van der Waals surface area contributed by atoms with Gasteiger partial charge in [0.2, 0.25) is 0 Å². The van der Waals surface area contributed by atoms with E-state index < -0.39 is 33.8 Å². The van der Waals surface area contributed by atoms with Gasteiger partial charge in [-0.15, -0.1) is 4.31 Å². The summed E-state index contributed by atoms with van der Waals surface area (Å²) in [5, 5.41) is 0. The van der Waals surface area contributed by atoms with Crippen LogP contribution in [0.1, 0.15) is 17.7 Å². The maximum absolute atomic E-state index is 13.0. The second-order valence-electron chi connectivity index (χ2n) is 7.30. The molecule has 0 bridgehead atoms. The molecule has 2 saturated heterocycles. The van der Waals surface area contributed by atoms with Crippen LogP contribution < -0.4 is 0 Å². The summed E-state index contributed by atoms with van der Waals surface area (Å²) in [5.74, 6) is 0. The summed E-state index contributed by atoms with van der Waals surface area (Å²) in [5.41, 5.74) is -1.12. The standard InChI is InChI=1S/C19H18F3N3O4S/c20-19(21,22)14-4-6-16(7-5-14)30(27,28)24-10-8-18(12-24)13-29-17(26)25(18)11-15-3-1-2-9-23-15/h1-7,9H,8,10-13H2. The Labute approximate surface area is 171 Å². The van der Waals surface area contributed by atoms with Crippen molar-refractivity contribution in [2.75, 3.05) is 19.7 Å². The third kappa shape index (κ3) is 3.68. The number of ether oxygens (including phenoxy) is 1. The number of carbonyl (C=O) groups is 1. The van der Waals surface area contributed by atoms with Crippen molar-refractivity contribution in [1.29, 1.82) is 0 Å². The smallest absolute Gasteiger partial charge is 0.416 e. The molecule has 2 unspecified atom stereocenters. The minimum atomic E-state index is -4.55. The second kappa shape index (κ2) is 7.33. The summed E-state index contributed by atoms with van der Waals surface area (Å²) >= 11 is 0. The number of halogens is 3. The molecular formula is C19H18F3N3O4S. The molecule has 1 aromatic carbocycles. The van der Waals surface area contributed by atoms with Crippen molar-refractivity contribution in [3.05, 3.63) is 59.9 Å². The molecule has 3 heterocycles. The minimum absolute atomic E-state index is 0.00503. The van der Waals surface area contributed by atoms with Crippen LogP contribution in [0.3, 0.4) is 0 Å². The van der Waals surface area contributed by atoms with Gasteiger partial charge in [0.25, 0.3) is 0 Å². The van der Waals surface area contributed by atoms with E-state index in [1.54, 1.807) is 24.4 Å². The van der Waals surface area contributed by atoms with Crippen LogP contribution in [-0.2, 0) is 32.1 Å². The number of aromatic nitrogens is 1. The lowest BCUT2D eigenvalue weighted by atomic mass is 9.98. The highest BCUT2D eigenvalue weighted by molar-refractivity contribution is 7.95. The van der Waals surface area contributed by atoms with Gasteiger partial charge < -0.3 is 9.29 Å². The molecule has 2 aromatic rings. The second-order valence-corrected chi connectivity index (χ2v) is 9.23. The van der Waals surface area contributed by atoms with Crippen molar-refractivity contribution in [2.45, 2.75) is 29.6 Å². The number of pyridine rings is 1. The first-order valence-corrected chi connectivity index (χ1v) is 10.6. The molecule has 2 aliphatic rings. The van der Waals surface area contributed by atoms with Gasteiger partial charge in [-0.25, -0.2) is 4.79 Å². The van der Waals surface area contributed by atoms with Crippen LogP contribution in [0, 0.1) is 0 Å². The van der Waals surface area contributed by atoms with E-state index in [0.717, 1.165) is 24.3 Å². The molecule has 11 heteroatoms. The molecule has 0 N–H and O–H groups in total. The fourth-order valence-corrected chi connectivity index (χ4v) is 5.28. The molecule has 0 saturated carbocycles. The Kier molecular flexibility index (Phi) is 5.07. The molecule has 2 aliphatic heterocycles. The van der Waals surface area contributed by atoms with Gasteiger partial charge in [0.1, 0.15) is 6.61 Å². The topological polar surface area (TPSA) is 85.8 Å². The van der Waals surface area contributed by atoms with Gasteiger partial charge in [-0.05, 0) is 42.8 Å². The lowest BCUT2D eigenvalue weighted by Gasteiger charge is -2.31. The van der Waals surface area contributed by atoms with E-state index in [4.69, 9.17) is 4.74 Å². The number of carbonyl (C=O) groups excluding carboxylic acids is 1. The number of benzene rings is 1. The largest absolute Gasteiger partial charge is 0.593 e. The van der Waals surface area contributed by atoms with Crippen LogP contribution in [0.4, 0.5) is 18.0 Å². The normalized spacial score (nSPS) is 24.3. The quantitative estimate of drug-likeness (QED) is 0.681. The fourth-order valence-electron chi connectivity index (χ4n) is 3.76. The average Bonchev–Trinajstić information content (AvgIpc) is 3.28. The average molecular weight is 441 g/mol. The van der Waals surface area contributed by atoms with E-state index in [1.807, 2.05) is 0 Å². The number of nitrogens with zero attached hydrogens (tertiary/aromatic N) is 3. The molecule has 7 nitrogen and oxygen atoms in total. The molecule has 1 spiro atoms. The first-order valence-electron chi connectivity index (χ1n) is 9.14. The van der Waals surface area contributed by atoms with Crippen molar-refractivity contribution in [1.82, 2.24) is 14.2 Å². The summed E-state index contributed by atoms with van der Waals surface area (Å²) in [6, 6.07) is 8.67. The molecule has 0 aliphatic carbocycles. The van der Waals surface area contributed by atoms with Crippen LogP contribution in [-0.4, -0.2) is 50.1 Å². The van der Waals surface area contributed by atoms with Crippen LogP contribution in [0.2, 0.25) is 0 Å². The summed E-state index contributed by atoms with van der Waals surface area (Å²) < 4.78 is 70.6. The Morgan fingerprint density at radius 3 is 2.57 bits per heavy atom. The Balaban J connectivity index is 1.55. The number of rotatable bonds is 4. The molecule has 1 amide bonds. The van der Waals surface area contributed by atoms with E-state index in [1.165, 1.54) is 9.21 Å². The highest BCUT2D eigenvalue weighted by atomic mass is 32.3. The summed E-state index contributed by atoms with van der Waals surface area (Å²) in [7, 11) is -4.02. The molecule has 4 rings (SSSR count). The first-order chi connectivity index (χ1) is 14.1. The lowest BCUT2D eigenvalue weighted by Crippen LogP contribution is -2.50. The molecule has 30 heavy (non-hydrogen) atoms. The van der Waals surface area contributed by atoms with E-state index >= 15 is 0 Å². The maximum atomic E-state index is 13.0. The van der Waals surface area contributed by atoms with Crippen LogP contribution in [0.15, 0.2) is 53.6 Å². The molecule has 2 atom stereocenters. The Morgan fingerprint density at radius 1 is 1.20 bits per heavy atom. The van der Waals surface area contributed by atoms with E-state index in [9.17, 15) is 26.7 Å². The fraction of sp³-hybridized carbons (Fsp3) is 0.368. The van der Waals surface area contributed by atoms with E-state index in [-0.39, 0.29) is 31.1 Å². The van der Waals surface area contributed by atoms with Crippen LogP contribution >= 0.6 is 0 Å². The van der Waals surface area contributed by atoms with Crippen LogP contribution in [0.5, 0.6) is 0 Å². The summed E-state index contributed by atoms with van der Waals surface area (Å²) in [6.07, 6.45) is -3.15. The lowest BCUT2D eigenvalue weighted by molar-refractivity contribution is -0.137. The number of sulfonamides is 1. The highest BCUT2D eigenvalue weighted by Crippen LogP contribution is 2.39. The predicted octanol–water partition coefficient (Wildman–Crippen LogP) is 3.10. The number of hydrogen-bond acceptors (Lipinski definition) is 5. The summed E-state index contributed by atoms with van der Waals surface area (Å²) in [4.78, 5) is 17.8. The molecule has 1 aromatic heterocycles. The Bertz CT molecular complexity index is 987. The van der Waals surface area contributed by atoms with E-state index in [2.05, 4.69) is 4.98 Å². The van der Waals surface area contributed by atoms with Crippen molar-refractivity contribution in [2.24, 2.45) is 0 Å². The monoisotopic (exact) mass is 441 g/mol. The van der Waals surface area contributed by atoms with Crippen molar-refractivity contribution in [3.8, 4) is 0 Å². The molecule has 2 fully saturated rings. The van der Waals surface area contributed by atoms with Gasteiger partial charge in [-0.3, -0.25) is 9.88 Å². The van der Waals surface area contributed by atoms with Gasteiger partial charge in [-0.2, -0.15) is 13.2 Å². The van der Waals surface area contributed by atoms with Gasteiger partial charge in [-0.1, -0.05) is 10.3 Å². The van der Waals surface area contributed by atoms with Gasteiger partial charge in [0, 0.05) is 12.7 Å². The Morgan fingerprint density at radius 2 is 1.93 bits per heavy atom. The predicted molar refractivity (Wildman–Crippen MR) is 98.6 cm³/mol. The van der Waals surface area contributed by atoms with Gasteiger partial charge in [0.05, 0.1) is 29.9 Å². The van der Waals surface area contributed by atoms with Crippen molar-refractivity contribution in [3.63, 3.8) is 0 Å². The van der Waals surface area contributed by atoms with Gasteiger partial charge >= 0.3 is 12.3 Å². The zero-order chi connectivity index (χ0) is 21.6.